The summed E-state index contributed by atoms with van der Waals surface area (Å²) in [7, 11) is 0. The maximum absolute atomic E-state index is 14.1. The lowest BCUT2D eigenvalue weighted by atomic mass is 10.0. The summed E-state index contributed by atoms with van der Waals surface area (Å²) < 4.78 is 14.1. The number of amides is 2. The Balaban J connectivity index is 1.85. The van der Waals surface area contributed by atoms with E-state index in [0.29, 0.717) is 36.7 Å². The molecular weight excluding hydrogens is 471 g/mol. The maximum atomic E-state index is 14.1. The molecule has 3 aromatic carbocycles. The van der Waals surface area contributed by atoms with Crippen molar-refractivity contribution in [2.24, 2.45) is 5.92 Å². The number of hydrogen-bond donors (Lipinski definition) is 1. The number of benzene rings is 3. The molecule has 3 aromatic rings. The number of thioether (sulfide) groups is 1. The lowest BCUT2D eigenvalue weighted by molar-refractivity contribution is -0.139. The fourth-order valence-electron chi connectivity index (χ4n) is 3.93. The fraction of sp³-hybridized carbons (Fsp3) is 0.333. The number of aryl methyl sites for hydroxylation is 1. The van der Waals surface area contributed by atoms with Gasteiger partial charge in [0.2, 0.25) is 11.8 Å². The first-order valence-electron chi connectivity index (χ1n) is 12.3. The summed E-state index contributed by atoms with van der Waals surface area (Å²) in [6.07, 6.45) is 0.417. The van der Waals surface area contributed by atoms with Crippen molar-refractivity contribution >= 4 is 23.6 Å². The van der Waals surface area contributed by atoms with Gasteiger partial charge in [0.1, 0.15) is 11.9 Å². The number of hydrogen-bond acceptors (Lipinski definition) is 3. The quantitative estimate of drug-likeness (QED) is 0.339. The van der Waals surface area contributed by atoms with Gasteiger partial charge < -0.3 is 10.2 Å². The van der Waals surface area contributed by atoms with Gasteiger partial charge in [-0.3, -0.25) is 9.59 Å². The first-order chi connectivity index (χ1) is 17.3. The lowest BCUT2D eigenvalue weighted by Gasteiger charge is -2.32. The van der Waals surface area contributed by atoms with Gasteiger partial charge in [0.25, 0.3) is 0 Å². The molecule has 0 bridgehead atoms. The van der Waals surface area contributed by atoms with Crippen molar-refractivity contribution in [3.8, 4) is 0 Å². The molecule has 3 rings (SSSR count). The first-order valence-corrected chi connectivity index (χ1v) is 13.5. The third-order valence-corrected chi connectivity index (χ3v) is 6.80. The van der Waals surface area contributed by atoms with Crippen molar-refractivity contribution in [3.05, 3.63) is 107 Å². The molecule has 0 saturated carbocycles. The maximum Gasteiger partial charge on any atom is 0.243 e. The van der Waals surface area contributed by atoms with Gasteiger partial charge in [-0.15, -0.1) is 11.8 Å². The molecule has 0 aromatic heterocycles. The zero-order valence-electron chi connectivity index (χ0n) is 21.2. The Morgan fingerprint density at radius 3 is 2.33 bits per heavy atom. The van der Waals surface area contributed by atoms with E-state index in [1.54, 1.807) is 23.1 Å². The van der Waals surface area contributed by atoms with Crippen LogP contribution in [-0.2, 0) is 28.3 Å². The minimum absolute atomic E-state index is 0.140. The average molecular weight is 507 g/mol. The Bertz CT molecular complexity index is 1140. The molecule has 0 fully saturated rings. The molecular formula is C30H35FN2O2S. The van der Waals surface area contributed by atoms with E-state index in [2.05, 4.69) is 5.32 Å². The van der Waals surface area contributed by atoms with E-state index >= 15 is 0 Å². The van der Waals surface area contributed by atoms with E-state index in [1.165, 1.54) is 17.8 Å². The topological polar surface area (TPSA) is 49.4 Å². The van der Waals surface area contributed by atoms with Crippen LogP contribution in [0.15, 0.2) is 78.9 Å². The highest BCUT2D eigenvalue weighted by molar-refractivity contribution is 7.99. The summed E-state index contributed by atoms with van der Waals surface area (Å²) in [5.74, 6) is 0.265. The minimum atomic E-state index is -0.659. The van der Waals surface area contributed by atoms with Crippen LogP contribution in [0, 0.1) is 18.7 Å². The number of carbonyl (C=O) groups is 2. The molecule has 0 unspecified atom stereocenters. The zero-order chi connectivity index (χ0) is 25.9. The second-order valence-corrected chi connectivity index (χ2v) is 10.4. The van der Waals surface area contributed by atoms with E-state index in [0.717, 1.165) is 16.7 Å². The van der Waals surface area contributed by atoms with Gasteiger partial charge >= 0.3 is 0 Å². The monoisotopic (exact) mass is 506 g/mol. The first kappa shape index (κ1) is 27.5. The third-order valence-electron chi connectivity index (χ3n) is 5.83. The fourth-order valence-corrected chi connectivity index (χ4v) is 4.83. The molecule has 0 aliphatic carbocycles. The summed E-state index contributed by atoms with van der Waals surface area (Å²) in [4.78, 5) is 28.7. The molecule has 0 saturated heterocycles. The van der Waals surface area contributed by atoms with Crippen LogP contribution in [0.1, 0.15) is 36.1 Å². The summed E-state index contributed by atoms with van der Waals surface area (Å²) in [6.45, 7) is 6.96. The SMILES string of the molecule is Cc1cccc(CN(C(=O)CSCc2ccccc2F)[C@@H](Cc2ccccc2)C(=O)NCC(C)C)c1. The van der Waals surface area contributed by atoms with Gasteiger partial charge in [0, 0.05) is 25.3 Å². The van der Waals surface area contributed by atoms with Crippen molar-refractivity contribution in [2.75, 3.05) is 12.3 Å². The normalized spacial score (nSPS) is 11.8. The van der Waals surface area contributed by atoms with E-state index in [-0.39, 0.29) is 23.4 Å². The van der Waals surface area contributed by atoms with Crippen molar-refractivity contribution in [1.82, 2.24) is 10.2 Å². The number of nitrogens with zero attached hydrogens (tertiary/aromatic N) is 1. The van der Waals surface area contributed by atoms with Crippen LogP contribution < -0.4 is 5.32 Å². The Morgan fingerprint density at radius 2 is 1.64 bits per heavy atom. The molecule has 0 spiro atoms. The van der Waals surface area contributed by atoms with Crippen LogP contribution in [0.2, 0.25) is 0 Å². The Hall–Kier alpha value is -3.12. The second-order valence-electron chi connectivity index (χ2n) is 9.44. The van der Waals surface area contributed by atoms with Crippen LogP contribution in [0.4, 0.5) is 4.39 Å². The number of nitrogens with one attached hydrogen (secondary N) is 1. The minimum Gasteiger partial charge on any atom is -0.354 e. The van der Waals surface area contributed by atoms with Crippen molar-refractivity contribution in [2.45, 2.75) is 45.5 Å². The summed E-state index contributed by atoms with van der Waals surface area (Å²) >= 11 is 1.36. The van der Waals surface area contributed by atoms with Crippen molar-refractivity contribution in [3.63, 3.8) is 0 Å². The molecule has 4 nitrogen and oxygen atoms in total. The Kier molecular flexibility index (Phi) is 10.6. The molecule has 1 atom stereocenters. The molecule has 0 heterocycles. The number of halogens is 1. The molecule has 190 valence electrons. The third kappa shape index (κ3) is 8.52. The average Bonchev–Trinajstić information content (AvgIpc) is 2.86. The number of carbonyl (C=O) groups excluding carboxylic acids is 2. The van der Waals surface area contributed by atoms with Gasteiger partial charge in [0.15, 0.2) is 0 Å². The van der Waals surface area contributed by atoms with E-state index in [9.17, 15) is 14.0 Å². The smallest absolute Gasteiger partial charge is 0.243 e. The molecule has 0 radical (unpaired) electrons. The highest BCUT2D eigenvalue weighted by atomic mass is 32.2. The van der Waals surface area contributed by atoms with E-state index < -0.39 is 6.04 Å². The molecule has 1 N–H and O–H groups in total. The van der Waals surface area contributed by atoms with Gasteiger partial charge in [-0.1, -0.05) is 92.2 Å². The predicted octanol–water partition coefficient (Wildman–Crippen LogP) is 5.78. The molecule has 36 heavy (non-hydrogen) atoms. The largest absolute Gasteiger partial charge is 0.354 e. The Morgan fingerprint density at radius 1 is 0.944 bits per heavy atom. The predicted molar refractivity (Wildman–Crippen MR) is 146 cm³/mol. The second kappa shape index (κ2) is 13.8. The van der Waals surface area contributed by atoms with Crippen LogP contribution in [0.25, 0.3) is 0 Å². The van der Waals surface area contributed by atoms with Crippen LogP contribution >= 0.6 is 11.8 Å². The molecule has 0 aliphatic rings. The van der Waals surface area contributed by atoms with E-state index in [4.69, 9.17) is 0 Å². The van der Waals surface area contributed by atoms with Gasteiger partial charge in [-0.25, -0.2) is 4.39 Å². The summed E-state index contributed by atoms with van der Waals surface area (Å²) in [5.41, 5.74) is 3.62. The van der Waals surface area contributed by atoms with Crippen molar-refractivity contribution < 1.29 is 14.0 Å². The van der Waals surface area contributed by atoms with Crippen molar-refractivity contribution in [1.29, 1.82) is 0 Å². The molecule has 0 aliphatic heterocycles. The lowest BCUT2D eigenvalue weighted by Crippen LogP contribution is -2.51. The van der Waals surface area contributed by atoms with Gasteiger partial charge in [-0.05, 0) is 35.6 Å². The van der Waals surface area contributed by atoms with Gasteiger partial charge in [0.05, 0.1) is 5.75 Å². The van der Waals surface area contributed by atoms with Crippen LogP contribution in [-0.4, -0.2) is 35.1 Å². The molecule has 6 heteroatoms. The highest BCUT2D eigenvalue weighted by Gasteiger charge is 2.30. The van der Waals surface area contributed by atoms with Crippen LogP contribution in [0.3, 0.4) is 0 Å². The summed E-state index contributed by atoms with van der Waals surface area (Å²) in [6, 6.07) is 23.7. The van der Waals surface area contributed by atoms with Gasteiger partial charge in [-0.2, -0.15) is 0 Å². The highest BCUT2D eigenvalue weighted by Crippen LogP contribution is 2.20. The standard InChI is InChI=1S/C30H35FN2O2S/c1-22(2)18-32-30(35)28(17-24-11-5-4-6-12-24)33(19-25-13-9-10-23(3)16-25)29(34)21-36-20-26-14-7-8-15-27(26)31/h4-16,22,28H,17-21H2,1-3H3,(H,32,35)/t28-/m0/s1. The number of rotatable bonds is 12. The molecule has 2 amide bonds. The Labute approximate surface area is 218 Å². The van der Waals surface area contributed by atoms with Crippen LogP contribution in [0.5, 0.6) is 0 Å². The summed E-state index contributed by atoms with van der Waals surface area (Å²) in [5, 5.41) is 3.04. The van der Waals surface area contributed by atoms with E-state index in [1.807, 2.05) is 75.4 Å². The zero-order valence-corrected chi connectivity index (χ0v) is 22.1.